The van der Waals surface area contributed by atoms with Gasteiger partial charge in [-0.05, 0) is 39.0 Å². The molecule has 0 aliphatic carbocycles. The third-order valence-corrected chi connectivity index (χ3v) is 5.22. The molecule has 142 valence electrons. The van der Waals surface area contributed by atoms with E-state index in [0.29, 0.717) is 11.4 Å². The highest BCUT2D eigenvalue weighted by atomic mass is 19.1. The van der Waals surface area contributed by atoms with Crippen molar-refractivity contribution in [3.05, 3.63) is 53.9 Å². The van der Waals surface area contributed by atoms with Crippen LogP contribution in [0, 0.1) is 17.0 Å². The molecule has 3 N–H and O–H groups in total. The molecule has 1 atom stereocenters. The van der Waals surface area contributed by atoms with Gasteiger partial charge in [-0.15, -0.1) is 0 Å². The number of nitrogens with zero attached hydrogens (tertiary/aromatic N) is 3. The second-order valence-electron chi connectivity index (χ2n) is 7.24. The van der Waals surface area contributed by atoms with E-state index < -0.39 is 22.6 Å². The summed E-state index contributed by atoms with van der Waals surface area (Å²) in [4.78, 5) is 22.2. The minimum Gasteiger partial charge on any atom is -0.369 e. The fourth-order valence-corrected chi connectivity index (χ4v) is 3.20. The highest BCUT2D eigenvalue weighted by Gasteiger charge is 2.53. The molecule has 0 bridgehead atoms. The zero-order valence-electron chi connectivity index (χ0n) is 15.5. The summed E-state index contributed by atoms with van der Waals surface area (Å²) >= 11 is 0. The Labute approximate surface area is 156 Å². The predicted molar refractivity (Wildman–Crippen MR) is 99.4 cm³/mol. The molecule has 1 unspecified atom stereocenters. The van der Waals surface area contributed by atoms with Crippen LogP contribution in [0.25, 0.3) is 0 Å². The number of nitrogens with two attached hydrogens (primary N) is 1. The van der Waals surface area contributed by atoms with Gasteiger partial charge in [0.2, 0.25) is 5.91 Å². The van der Waals surface area contributed by atoms with E-state index in [9.17, 15) is 13.6 Å². The minimum atomic E-state index is -1.22. The molecule has 2 aromatic rings. The molecular weight excluding hydrogens is 352 g/mol. The Morgan fingerprint density at radius 1 is 1.11 bits per heavy atom. The maximum absolute atomic E-state index is 14.8. The summed E-state index contributed by atoms with van der Waals surface area (Å²) in [5, 5.41) is 2.98. The van der Waals surface area contributed by atoms with E-state index in [1.807, 2.05) is 0 Å². The van der Waals surface area contributed by atoms with E-state index in [1.54, 1.807) is 26.8 Å². The van der Waals surface area contributed by atoms with Gasteiger partial charge in [-0.1, -0.05) is 0 Å². The van der Waals surface area contributed by atoms with Gasteiger partial charge in [0, 0.05) is 24.4 Å². The van der Waals surface area contributed by atoms with Gasteiger partial charge in [-0.2, -0.15) is 0 Å². The first kappa shape index (κ1) is 18.8. The van der Waals surface area contributed by atoms with Crippen molar-refractivity contribution in [1.82, 2.24) is 9.88 Å². The van der Waals surface area contributed by atoms with Crippen LogP contribution in [0.15, 0.2) is 41.7 Å². The number of aromatic nitrogens is 1. The summed E-state index contributed by atoms with van der Waals surface area (Å²) in [5.41, 5.74) is 4.78. The third kappa shape index (κ3) is 3.01. The number of nitrogens with one attached hydrogen (secondary N) is 1. The van der Waals surface area contributed by atoms with Crippen LogP contribution in [-0.4, -0.2) is 28.8 Å². The molecule has 0 radical (unpaired) electrons. The summed E-state index contributed by atoms with van der Waals surface area (Å²) < 4.78 is 28.1. The molecule has 0 spiro atoms. The first-order valence-electron chi connectivity index (χ1n) is 8.37. The minimum absolute atomic E-state index is 0.0221. The molecule has 1 aliphatic heterocycles. The Bertz CT molecular complexity index is 943. The maximum Gasteiger partial charge on any atom is 0.237 e. The molecule has 0 fully saturated rings. The van der Waals surface area contributed by atoms with Crippen LogP contribution in [0.2, 0.25) is 0 Å². The number of benzene rings is 1. The molecule has 1 aliphatic rings. The molecule has 1 aromatic carbocycles. The van der Waals surface area contributed by atoms with Crippen LogP contribution in [0.3, 0.4) is 0 Å². The lowest BCUT2D eigenvalue weighted by Crippen LogP contribution is -2.58. The zero-order valence-corrected chi connectivity index (χ0v) is 15.5. The van der Waals surface area contributed by atoms with Crippen molar-refractivity contribution >= 4 is 23.2 Å². The lowest BCUT2D eigenvalue weighted by atomic mass is 9.67. The smallest absolute Gasteiger partial charge is 0.237 e. The quantitative estimate of drug-likeness (QED) is 0.866. The molecule has 6 nitrogen and oxygen atoms in total. The second-order valence-corrected chi connectivity index (χ2v) is 7.24. The molecular formula is C19H21F2N5O. The monoisotopic (exact) mass is 373 g/mol. The number of carbonyl (C=O) groups excluding carboxylic acids is 1. The number of guanidine groups is 1. The van der Waals surface area contributed by atoms with Gasteiger partial charge in [-0.3, -0.25) is 14.7 Å². The predicted octanol–water partition coefficient (Wildman–Crippen LogP) is 3.13. The molecule has 0 saturated heterocycles. The highest BCUT2D eigenvalue weighted by molar-refractivity contribution is 6.01. The Balaban J connectivity index is 2.09. The molecule has 1 aromatic heterocycles. The standard InChI is InChI=1S/C19H21F2N5O/c1-18(2)16(27)26(4)17(22)25-19(18,3)14-8-12(5-6-15(14)21)24-13-7-11(20)9-23-10-13/h5-10,24H,1-4H3,(H2,22,25). The first-order chi connectivity index (χ1) is 12.6. The third-order valence-electron chi connectivity index (χ3n) is 5.22. The van der Waals surface area contributed by atoms with E-state index in [1.165, 1.54) is 36.3 Å². The number of anilines is 2. The van der Waals surface area contributed by atoms with Crippen LogP contribution in [0.1, 0.15) is 26.3 Å². The molecule has 2 heterocycles. The van der Waals surface area contributed by atoms with Gasteiger partial charge in [0.1, 0.15) is 17.2 Å². The van der Waals surface area contributed by atoms with Gasteiger partial charge in [0.05, 0.1) is 23.5 Å². The topological polar surface area (TPSA) is 83.6 Å². The van der Waals surface area contributed by atoms with Crippen molar-refractivity contribution in [1.29, 1.82) is 0 Å². The zero-order chi connectivity index (χ0) is 20.0. The highest BCUT2D eigenvalue weighted by Crippen LogP contribution is 2.47. The Morgan fingerprint density at radius 2 is 1.81 bits per heavy atom. The van der Waals surface area contributed by atoms with Crippen LogP contribution in [0.5, 0.6) is 0 Å². The largest absolute Gasteiger partial charge is 0.369 e. The molecule has 8 heteroatoms. The SMILES string of the molecule is CN1C(=O)C(C)(C)C(C)(c2cc(Nc3cncc(F)c3)ccc2F)N=C1N. The maximum atomic E-state index is 14.8. The van der Waals surface area contributed by atoms with Gasteiger partial charge in [-0.25, -0.2) is 13.8 Å². The van der Waals surface area contributed by atoms with E-state index in [2.05, 4.69) is 15.3 Å². The fourth-order valence-electron chi connectivity index (χ4n) is 3.20. The van der Waals surface area contributed by atoms with Gasteiger partial charge in [0.15, 0.2) is 5.96 Å². The summed E-state index contributed by atoms with van der Waals surface area (Å²) in [7, 11) is 1.54. The number of hydrogen-bond donors (Lipinski definition) is 2. The van der Waals surface area contributed by atoms with Crippen LogP contribution in [0.4, 0.5) is 20.2 Å². The summed E-state index contributed by atoms with van der Waals surface area (Å²) in [6.45, 7) is 5.09. The van der Waals surface area contributed by atoms with E-state index in [0.717, 1.165) is 6.20 Å². The number of rotatable bonds is 3. The van der Waals surface area contributed by atoms with E-state index in [-0.39, 0.29) is 17.4 Å². The molecule has 27 heavy (non-hydrogen) atoms. The fraction of sp³-hybridized carbons (Fsp3) is 0.316. The lowest BCUT2D eigenvalue weighted by Gasteiger charge is -2.46. The van der Waals surface area contributed by atoms with E-state index in [4.69, 9.17) is 5.73 Å². The van der Waals surface area contributed by atoms with Crippen molar-refractivity contribution < 1.29 is 13.6 Å². The van der Waals surface area contributed by atoms with Crippen molar-refractivity contribution in [2.75, 3.05) is 12.4 Å². The lowest BCUT2D eigenvalue weighted by molar-refractivity contribution is -0.140. The molecule has 0 saturated carbocycles. The summed E-state index contributed by atoms with van der Waals surface area (Å²) in [6, 6.07) is 5.62. The van der Waals surface area contributed by atoms with Crippen molar-refractivity contribution in [2.45, 2.75) is 26.3 Å². The van der Waals surface area contributed by atoms with Gasteiger partial charge < -0.3 is 11.1 Å². The average Bonchev–Trinajstić information content (AvgIpc) is 2.60. The Hall–Kier alpha value is -3.03. The number of amides is 1. The van der Waals surface area contributed by atoms with Gasteiger partial charge >= 0.3 is 0 Å². The summed E-state index contributed by atoms with van der Waals surface area (Å²) in [5.74, 6) is -1.24. The normalized spacial score (nSPS) is 21.8. The number of pyridine rings is 1. The van der Waals surface area contributed by atoms with Crippen molar-refractivity contribution in [3.8, 4) is 0 Å². The molecule has 1 amide bonds. The Kier molecular flexibility index (Phi) is 4.37. The number of halogens is 2. The van der Waals surface area contributed by atoms with E-state index >= 15 is 0 Å². The van der Waals surface area contributed by atoms with Crippen LogP contribution < -0.4 is 11.1 Å². The average molecular weight is 373 g/mol. The van der Waals surface area contributed by atoms with Crippen molar-refractivity contribution in [2.24, 2.45) is 16.1 Å². The Morgan fingerprint density at radius 3 is 2.48 bits per heavy atom. The van der Waals surface area contributed by atoms with Crippen molar-refractivity contribution in [3.63, 3.8) is 0 Å². The van der Waals surface area contributed by atoms with Gasteiger partial charge in [0.25, 0.3) is 0 Å². The second kappa shape index (κ2) is 6.29. The van der Waals surface area contributed by atoms with Crippen LogP contribution >= 0.6 is 0 Å². The number of hydrogen-bond acceptors (Lipinski definition) is 5. The number of aliphatic imine (C=N–C) groups is 1. The summed E-state index contributed by atoms with van der Waals surface area (Å²) in [6.07, 6.45) is 2.54. The number of carbonyl (C=O) groups is 1. The van der Waals surface area contributed by atoms with Crippen LogP contribution in [-0.2, 0) is 10.3 Å². The molecule has 3 rings (SSSR count). The first-order valence-corrected chi connectivity index (χ1v) is 8.37.